The lowest BCUT2D eigenvalue weighted by atomic mass is 10.1. The van der Waals surface area contributed by atoms with E-state index in [1.54, 1.807) is 18.2 Å². The van der Waals surface area contributed by atoms with Gasteiger partial charge in [0.15, 0.2) is 11.6 Å². The minimum absolute atomic E-state index is 0.231. The van der Waals surface area contributed by atoms with Crippen LogP contribution in [0.1, 0.15) is 34.7 Å². The van der Waals surface area contributed by atoms with E-state index < -0.39 is 11.6 Å². The van der Waals surface area contributed by atoms with Crippen molar-refractivity contribution in [2.24, 2.45) is 0 Å². The molecule has 0 atom stereocenters. The topological polar surface area (TPSA) is 0 Å². The number of benzene rings is 4. The molecule has 0 aliphatic carbocycles. The van der Waals surface area contributed by atoms with Gasteiger partial charge in [0.1, 0.15) is 5.82 Å². The van der Waals surface area contributed by atoms with E-state index >= 15 is 0 Å². The molecular weight excluding hydrogens is 393 g/mol. The van der Waals surface area contributed by atoms with Crippen molar-refractivity contribution in [3.05, 3.63) is 118 Å². The summed E-state index contributed by atoms with van der Waals surface area (Å²) in [6.07, 6.45) is 0.780. The lowest BCUT2D eigenvalue weighted by molar-refractivity contribution is 0.517. The van der Waals surface area contributed by atoms with Crippen LogP contribution in [0.3, 0.4) is 0 Å². The third-order valence-corrected chi connectivity index (χ3v) is 4.93. The van der Waals surface area contributed by atoms with Crippen molar-refractivity contribution in [3.8, 4) is 23.7 Å². The average molecular weight is 410 g/mol. The highest BCUT2D eigenvalue weighted by Gasteiger charge is 2.06. The molecule has 0 fully saturated rings. The van der Waals surface area contributed by atoms with Crippen LogP contribution in [0.2, 0.25) is 0 Å². The number of hydrogen-bond donors (Lipinski definition) is 0. The average Bonchev–Trinajstić information content (AvgIpc) is 2.80. The fourth-order valence-corrected chi connectivity index (χ4v) is 3.14. The summed E-state index contributed by atoms with van der Waals surface area (Å²) in [5, 5.41) is 0.824. The van der Waals surface area contributed by atoms with E-state index in [9.17, 15) is 13.2 Å². The SMILES string of the molecule is CCc1ccc(C#Cc2ccc(C#Cc3ccc4c(F)c(F)ccc4c3)cc2)c(F)c1. The first-order valence-corrected chi connectivity index (χ1v) is 9.84. The Morgan fingerprint density at radius 3 is 1.94 bits per heavy atom. The van der Waals surface area contributed by atoms with Crippen LogP contribution in [0.4, 0.5) is 13.2 Å². The van der Waals surface area contributed by atoms with Crippen molar-refractivity contribution in [2.45, 2.75) is 13.3 Å². The number of aryl methyl sites for hydroxylation is 1. The Morgan fingerprint density at radius 2 is 1.26 bits per heavy atom. The van der Waals surface area contributed by atoms with E-state index in [0.29, 0.717) is 16.5 Å². The van der Waals surface area contributed by atoms with Crippen molar-refractivity contribution in [3.63, 3.8) is 0 Å². The molecule has 31 heavy (non-hydrogen) atoms. The number of hydrogen-bond acceptors (Lipinski definition) is 0. The summed E-state index contributed by atoms with van der Waals surface area (Å²) in [6.45, 7) is 1.98. The van der Waals surface area contributed by atoms with Crippen LogP contribution in [0, 0.1) is 41.1 Å². The van der Waals surface area contributed by atoms with Crippen LogP contribution in [-0.2, 0) is 6.42 Å². The molecule has 4 rings (SSSR count). The van der Waals surface area contributed by atoms with E-state index in [0.717, 1.165) is 29.2 Å². The Kier molecular flexibility index (Phi) is 5.78. The lowest BCUT2D eigenvalue weighted by Crippen LogP contribution is -1.87. The first-order chi connectivity index (χ1) is 15.0. The number of halogens is 3. The monoisotopic (exact) mass is 410 g/mol. The maximum Gasteiger partial charge on any atom is 0.166 e. The third-order valence-electron chi connectivity index (χ3n) is 4.93. The van der Waals surface area contributed by atoms with Crippen molar-refractivity contribution >= 4 is 10.8 Å². The summed E-state index contributed by atoms with van der Waals surface area (Å²) in [5.74, 6) is 9.88. The van der Waals surface area contributed by atoms with Crippen molar-refractivity contribution in [1.29, 1.82) is 0 Å². The molecule has 3 heteroatoms. The van der Waals surface area contributed by atoms with Crippen LogP contribution in [0.15, 0.2) is 72.8 Å². The van der Waals surface area contributed by atoms with E-state index in [-0.39, 0.29) is 11.2 Å². The van der Waals surface area contributed by atoms with Gasteiger partial charge >= 0.3 is 0 Å². The van der Waals surface area contributed by atoms with Gasteiger partial charge in [-0.25, -0.2) is 13.2 Å². The van der Waals surface area contributed by atoms with Crippen LogP contribution in [-0.4, -0.2) is 0 Å². The van der Waals surface area contributed by atoms with E-state index in [1.165, 1.54) is 18.2 Å². The molecule has 0 aromatic heterocycles. The molecule has 0 saturated carbocycles. The molecule has 0 unspecified atom stereocenters. The van der Waals surface area contributed by atoms with Gasteiger partial charge in [-0.2, -0.15) is 0 Å². The fraction of sp³-hybridized carbons (Fsp3) is 0.0714. The Morgan fingerprint density at radius 1 is 0.613 bits per heavy atom. The summed E-state index contributed by atoms with van der Waals surface area (Å²) in [5.41, 5.74) is 3.55. The molecule has 0 radical (unpaired) electrons. The maximum absolute atomic E-state index is 14.0. The number of fused-ring (bicyclic) bond motifs is 1. The maximum atomic E-state index is 14.0. The van der Waals surface area contributed by atoms with Crippen LogP contribution in [0.25, 0.3) is 10.8 Å². The van der Waals surface area contributed by atoms with Gasteiger partial charge in [-0.1, -0.05) is 48.8 Å². The highest BCUT2D eigenvalue weighted by molar-refractivity contribution is 5.84. The predicted molar refractivity (Wildman–Crippen MR) is 118 cm³/mol. The second kappa shape index (κ2) is 8.82. The zero-order chi connectivity index (χ0) is 21.8. The molecule has 0 saturated heterocycles. The van der Waals surface area contributed by atoms with Crippen molar-refractivity contribution in [1.82, 2.24) is 0 Å². The van der Waals surface area contributed by atoms with Crippen LogP contribution >= 0.6 is 0 Å². The van der Waals surface area contributed by atoms with E-state index in [4.69, 9.17) is 0 Å². The van der Waals surface area contributed by atoms with Gasteiger partial charge in [0.05, 0.1) is 5.56 Å². The molecule has 0 bridgehead atoms. The summed E-state index contributed by atoms with van der Waals surface area (Å²) >= 11 is 0. The van der Waals surface area contributed by atoms with Gasteiger partial charge in [-0.15, -0.1) is 0 Å². The van der Waals surface area contributed by atoms with Gasteiger partial charge in [-0.3, -0.25) is 0 Å². The third kappa shape index (κ3) is 4.63. The number of rotatable bonds is 1. The van der Waals surface area contributed by atoms with Crippen molar-refractivity contribution < 1.29 is 13.2 Å². The molecule has 4 aromatic carbocycles. The normalized spacial score (nSPS) is 10.2. The molecule has 0 nitrogen and oxygen atoms in total. The Bertz CT molecular complexity index is 1390. The molecule has 0 heterocycles. The van der Waals surface area contributed by atoms with E-state index in [2.05, 4.69) is 23.7 Å². The second-order valence-electron chi connectivity index (χ2n) is 7.04. The standard InChI is InChI=1S/C28H17F3/c1-2-19-9-12-23(27(30)18-19)13-10-21-5-3-20(4-6-21)7-8-22-11-15-25-24(17-22)14-16-26(29)28(25)31/h3-6,9,11-12,14-18H,2H2,1H3. The van der Waals surface area contributed by atoms with Gasteiger partial charge in [-0.05, 0) is 72.0 Å². The fourth-order valence-electron chi connectivity index (χ4n) is 3.14. The molecule has 0 N–H and O–H groups in total. The zero-order valence-corrected chi connectivity index (χ0v) is 16.8. The van der Waals surface area contributed by atoms with Gasteiger partial charge in [0.2, 0.25) is 0 Å². The van der Waals surface area contributed by atoms with Gasteiger partial charge in [0, 0.05) is 22.1 Å². The molecular formula is C28H17F3. The summed E-state index contributed by atoms with van der Waals surface area (Å²) in [7, 11) is 0. The van der Waals surface area contributed by atoms with E-state index in [1.807, 2.05) is 37.3 Å². The molecule has 0 aliphatic heterocycles. The van der Waals surface area contributed by atoms with Crippen molar-refractivity contribution in [2.75, 3.05) is 0 Å². The summed E-state index contributed by atoms with van der Waals surface area (Å²) in [4.78, 5) is 0. The zero-order valence-electron chi connectivity index (χ0n) is 16.8. The second-order valence-corrected chi connectivity index (χ2v) is 7.04. The minimum Gasteiger partial charge on any atom is -0.206 e. The quantitative estimate of drug-likeness (QED) is 0.309. The minimum atomic E-state index is -0.866. The molecule has 0 aliphatic rings. The first-order valence-electron chi connectivity index (χ1n) is 9.84. The Hall–Kier alpha value is -3.95. The molecule has 0 amide bonds. The van der Waals surface area contributed by atoms with Gasteiger partial charge in [0.25, 0.3) is 0 Å². The highest BCUT2D eigenvalue weighted by atomic mass is 19.2. The van der Waals surface area contributed by atoms with Crippen LogP contribution < -0.4 is 0 Å². The highest BCUT2D eigenvalue weighted by Crippen LogP contribution is 2.21. The summed E-state index contributed by atoms with van der Waals surface area (Å²) in [6, 6.07) is 20.0. The molecule has 4 aromatic rings. The largest absolute Gasteiger partial charge is 0.206 e. The van der Waals surface area contributed by atoms with Gasteiger partial charge < -0.3 is 0 Å². The van der Waals surface area contributed by atoms with Crippen LogP contribution in [0.5, 0.6) is 0 Å². The predicted octanol–water partition coefficient (Wildman–Crippen LogP) is 6.62. The molecule has 0 spiro atoms. The Balaban J connectivity index is 1.52. The smallest absolute Gasteiger partial charge is 0.166 e. The lowest BCUT2D eigenvalue weighted by Gasteiger charge is -2.01. The first kappa shape index (κ1) is 20.3. The Labute approximate surface area is 179 Å². The summed E-state index contributed by atoms with van der Waals surface area (Å²) < 4.78 is 41.2. The molecule has 150 valence electrons.